The number of aliphatic hydroxyl groups excluding tert-OH is 3. The van der Waals surface area contributed by atoms with Crippen molar-refractivity contribution in [2.24, 2.45) is 0 Å². The van der Waals surface area contributed by atoms with Crippen molar-refractivity contribution in [1.82, 2.24) is 10.6 Å². The smallest absolute Gasteiger partial charge is 0.319 e. The van der Waals surface area contributed by atoms with Crippen LogP contribution in [0.25, 0.3) is 0 Å². The second kappa shape index (κ2) is 13.3. The monoisotopic (exact) mass is 476 g/mol. The Morgan fingerprint density at radius 1 is 0.880 bits per heavy atom. The molecule has 146 valence electrons. The van der Waals surface area contributed by atoms with Gasteiger partial charge in [0.2, 0.25) is 7.59 Å². The van der Waals surface area contributed by atoms with E-state index in [9.17, 15) is 4.79 Å². The average molecular weight is 479 g/mol. The number of hydrogen-bond acceptors (Lipinski definition) is 4. The van der Waals surface area contributed by atoms with Gasteiger partial charge in [-0.3, -0.25) is 0 Å². The Morgan fingerprint density at radius 2 is 1.20 bits per heavy atom. The van der Waals surface area contributed by atoms with Crippen LogP contribution in [-0.2, 0) is 0 Å². The molecule has 0 aliphatic rings. The summed E-state index contributed by atoms with van der Waals surface area (Å²) in [6, 6.07) is 9.18. The van der Waals surface area contributed by atoms with Crippen LogP contribution in [0.15, 0.2) is 30.3 Å². The highest BCUT2D eigenvalue weighted by Crippen LogP contribution is 2.30. The van der Waals surface area contributed by atoms with Crippen molar-refractivity contribution in [3.63, 3.8) is 0 Å². The van der Waals surface area contributed by atoms with Crippen molar-refractivity contribution in [3.8, 4) is 0 Å². The number of urea groups is 1. The van der Waals surface area contributed by atoms with Crippen LogP contribution in [0.4, 0.5) is 4.79 Å². The molecule has 0 fully saturated rings. The number of carbonyl (C=O) groups is 1. The van der Waals surface area contributed by atoms with Gasteiger partial charge in [-0.25, -0.2) is 4.79 Å². The van der Waals surface area contributed by atoms with Crippen LogP contribution in [0, 0.1) is 6.92 Å². The lowest BCUT2D eigenvalue weighted by molar-refractivity contribution is 0.120. The maximum absolute atomic E-state index is 11.1. The highest BCUT2D eigenvalue weighted by molar-refractivity contribution is 6.68. The molecule has 12 heteroatoms. The molecule has 0 aliphatic carbocycles. The highest BCUT2D eigenvalue weighted by atomic mass is 35.6. The molecule has 0 saturated carbocycles. The molecule has 0 radical (unpaired) electrons. The quantitative estimate of drug-likeness (QED) is 0.332. The van der Waals surface area contributed by atoms with Gasteiger partial charge in [-0.1, -0.05) is 106 Å². The summed E-state index contributed by atoms with van der Waals surface area (Å²) in [5, 5.41) is 28.8. The van der Waals surface area contributed by atoms with Crippen LogP contribution in [0.1, 0.15) is 5.56 Å². The first kappa shape index (κ1) is 27.3. The molecule has 0 heterocycles. The lowest BCUT2D eigenvalue weighted by Gasteiger charge is -2.23. The second-order valence-electron chi connectivity index (χ2n) is 4.16. The molecule has 0 saturated heterocycles. The van der Waals surface area contributed by atoms with Crippen LogP contribution in [0.5, 0.6) is 0 Å². The van der Waals surface area contributed by atoms with Crippen molar-refractivity contribution in [2.75, 3.05) is 7.11 Å². The number of carbonyl (C=O) groups excluding carboxylic acids is 1. The van der Waals surface area contributed by atoms with Gasteiger partial charge in [0.15, 0.2) is 12.5 Å². The van der Waals surface area contributed by atoms with Crippen molar-refractivity contribution < 1.29 is 20.1 Å². The van der Waals surface area contributed by atoms with E-state index in [2.05, 4.69) is 19.1 Å². The SMILES string of the molecule is CO.Cc1ccccc1.O=C(NC(O)C(Cl)(Cl)Cl)NC(O)C(Cl)(Cl)Cl. The minimum atomic E-state index is -2.12. The van der Waals surface area contributed by atoms with Gasteiger partial charge in [-0.05, 0) is 6.92 Å². The Labute approximate surface area is 175 Å². The molecule has 25 heavy (non-hydrogen) atoms. The number of alkyl halides is 6. The number of halogens is 6. The van der Waals surface area contributed by atoms with Crippen LogP contribution in [0.2, 0.25) is 0 Å². The molecule has 1 aromatic carbocycles. The van der Waals surface area contributed by atoms with Crippen molar-refractivity contribution in [2.45, 2.75) is 27.0 Å². The fourth-order valence-corrected chi connectivity index (χ4v) is 1.32. The van der Waals surface area contributed by atoms with E-state index in [1.54, 1.807) is 10.6 Å². The van der Waals surface area contributed by atoms with E-state index in [1.807, 2.05) is 18.2 Å². The molecule has 6 nitrogen and oxygen atoms in total. The van der Waals surface area contributed by atoms with E-state index in [-0.39, 0.29) is 0 Å². The van der Waals surface area contributed by atoms with Gasteiger partial charge < -0.3 is 26.0 Å². The Kier molecular flexibility index (Phi) is 14.5. The molecule has 0 aliphatic heterocycles. The van der Waals surface area contributed by atoms with E-state index in [0.717, 1.165) is 7.11 Å². The van der Waals surface area contributed by atoms with Gasteiger partial charge in [-0.15, -0.1) is 0 Å². The van der Waals surface area contributed by atoms with Gasteiger partial charge in [-0.2, -0.15) is 0 Å². The molecule has 1 aromatic rings. The largest absolute Gasteiger partial charge is 0.400 e. The van der Waals surface area contributed by atoms with Crippen LogP contribution in [-0.4, -0.2) is 48.5 Å². The Bertz CT molecular complexity index is 458. The predicted molar refractivity (Wildman–Crippen MR) is 104 cm³/mol. The minimum absolute atomic E-state index is 1.00. The first-order valence-corrected chi connectivity index (χ1v) is 8.63. The molecular formula is C13H18Cl6N2O4. The molecule has 0 bridgehead atoms. The summed E-state index contributed by atoms with van der Waals surface area (Å²) in [6.45, 7) is 2.08. The van der Waals surface area contributed by atoms with Crippen LogP contribution >= 0.6 is 69.6 Å². The van der Waals surface area contributed by atoms with Crippen molar-refractivity contribution in [1.29, 1.82) is 0 Å². The number of benzene rings is 1. The molecule has 1 rings (SSSR count). The lowest BCUT2D eigenvalue weighted by Crippen LogP contribution is -2.53. The van der Waals surface area contributed by atoms with Gasteiger partial charge in [0, 0.05) is 7.11 Å². The first-order chi connectivity index (χ1) is 11.3. The van der Waals surface area contributed by atoms with E-state index < -0.39 is 26.1 Å². The summed E-state index contributed by atoms with van der Waals surface area (Å²) in [4.78, 5) is 11.1. The second-order valence-corrected chi connectivity index (χ2v) is 8.90. The van der Waals surface area contributed by atoms with Crippen LogP contribution in [0.3, 0.4) is 0 Å². The fourth-order valence-electron chi connectivity index (χ4n) is 0.988. The molecule has 0 spiro atoms. The van der Waals surface area contributed by atoms with E-state index >= 15 is 0 Å². The summed E-state index contributed by atoms with van der Waals surface area (Å²) in [7, 11) is 1.00. The third-order valence-corrected chi connectivity index (χ3v) is 3.34. The maximum atomic E-state index is 11.1. The first-order valence-electron chi connectivity index (χ1n) is 6.37. The molecular weight excluding hydrogens is 461 g/mol. The number of nitrogens with one attached hydrogen (secondary N) is 2. The van der Waals surface area contributed by atoms with E-state index in [1.165, 1.54) is 5.56 Å². The number of aryl methyl sites for hydroxylation is 1. The molecule has 2 unspecified atom stereocenters. The van der Waals surface area contributed by atoms with Gasteiger partial charge in [0.25, 0.3) is 0 Å². The number of amides is 2. The minimum Gasteiger partial charge on any atom is -0.400 e. The van der Waals surface area contributed by atoms with Gasteiger partial charge >= 0.3 is 6.03 Å². The summed E-state index contributed by atoms with van der Waals surface area (Å²) in [5.41, 5.74) is 1.32. The van der Waals surface area contributed by atoms with Gasteiger partial charge in [0.1, 0.15) is 0 Å². The lowest BCUT2D eigenvalue weighted by atomic mass is 10.2. The third-order valence-electron chi connectivity index (χ3n) is 2.10. The Balaban J connectivity index is 0. The Hall–Kier alpha value is 0.110. The summed E-state index contributed by atoms with van der Waals surface area (Å²) in [5.74, 6) is 0. The zero-order valence-electron chi connectivity index (χ0n) is 13.1. The topological polar surface area (TPSA) is 102 Å². The van der Waals surface area contributed by atoms with Crippen LogP contribution < -0.4 is 10.6 Å². The van der Waals surface area contributed by atoms with Crippen molar-refractivity contribution >= 4 is 75.6 Å². The zero-order chi connectivity index (χ0) is 20.3. The van der Waals surface area contributed by atoms with Gasteiger partial charge in [0.05, 0.1) is 0 Å². The standard InChI is InChI=1S/C7H8.C5H6Cl6N2O3.CH4O/c1-7-5-3-2-4-6-7;6-4(7,8)1(14)12-3(16)13-2(15)5(9,10)11;1-2/h2-6H,1H3;1-2,14-15H,(H2,12,13,16);2H,1H3. The molecule has 5 N–H and O–H groups in total. The summed E-state index contributed by atoms with van der Waals surface area (Å²) in [6.07, 6.45) is -3.58. The average Bonchev–Trinajstić information content (AvgIpc) is 2.48. The maximum Gasteiger partial charge on any atom is 0.319 e. The third kappa shape index (κ3) is 14.9. The van der Waals surface area contributed by atoms with E-state index in [4.69, 9.17) is 84.9 Å². The zero-order valence-corrected chi connectivity index (χ0v) is 17.6. The highest BCUT2D eigenvalue weighted by Gasteiger charge is 2.35. The Morgan fingerprint density at radius 3 is 1.40 bits per heavy atom. The predicted octanol–water partition coefficient (Wildman–Crippen LogP) is 3.27. The fraction of sp³-hybridized carbons (Fsp3) is 0.462. The number of rotatable bonds is 2. The number of hydrogen-bond donors (Lipinski definition) is 5. The molecule has 0 aromatic heterocycles. The summed E-state index contributed by atoms with van der Waals surface area (Å²) >= 11 is 31.5. The molecule has 2 amide bonds. The van der Waals surface area contributed by atoms with Crippen molar-refractivity contribution in [3.05, 3.63) is 35.9 Å². The normalized spacial score (nSPS) is 13.2. The number of aliphatic hydroxyl groups is 3. The molecule has 2 atom stereocenters. The summed E-state index contributed by atoms with van der Waals surface area (Å²) < 4.78 is -4.25. The van der Waals surface area contributed by atoms with E-state index in [0.29, 0.717) is 0 Å².